The van der Waals surface area contributed by atoms with E-state index in [0.717, 1.165) is 19.3 Å². The van der Waals surface area contributed by atoms with Crippen molar-refractivity contribution in [3.8, 4) is 0 Å². The Balaban J connectivity index is 2.74. The van der Waals surface area contributed by atoms with Crippen molar-refractivity contribution >= 4 is 5.97 Å². The fraction of sp³-hybridized carbons (Fsp3) is 0.923. The first-order chi connectivity index (χ1) is 8.38. The lowest BCUT2D eigenvalue weighted by Crippen LogP contribution is -2.42. The molecule has 0 radical (unpaired) electrons. The van der Waals surface area contributed by atoms with Crippen LogP contribution in [0.1, 0.15) is 52.9 Å². The average Bonchev–Trinajstić information content (AvgIpc) is 2.28. The Morgan fingerprint density at radius 1 is 1.39 bits per heavy atom. The summed E-state index contributed by atoms with van der Waals surface area (Å²) in [6.07, 6.45) is 3.65. The molecular weight excluding hydrogens is 234 g/mol. The van der Waals surface area contributed by atoms with Gasteiger partial charge in [0, 0.05) is 17.3 Å². The molecule has 2 atom stereocenters. The van der Waals surface area contributed by atoms with Gasteiger partial charge in [-0.3, -0.25) is 14.9 Å². The van der Waals surface area contributed by atoms with Crippen molar-refractivity contribution in [3.63, 3.8) is 0 Å². The Morgan fingerprint density at radius 3 is 2.56 bits per heavy atom. The van der Waals surface area contributed by atoms with Crippen LogP contribution in [0.4, 0.5) is 0 Å². The quantitative estimate of drug-likeness (QED) is 0.431. The average molecular weight is 257 g/mol. The van der Waals surface area contributed by atoms with Crippen molar-refractivity contribution < 1.29 is 14.5 Å². The lowest BCUT2D eigenvalue weighted by Gasteiger charge is -2.37. The summed E-state index contributed by atoms with van der Waals surface area (Å²) in [4.78, 5) is 22.5. The number of carbonyl (C=O) groups is 1. The van der Waals surface area contributed by atoms with E-state index < -0.39 is 6.04 Å². The van der Waals surface area contributed by atoms with Gasteiger partial charge in [-0.1, -0.05) is 20.3 Å². The molecule has 0 aromatic rings. The highest BCUT2D eigenvalue weighted by Gasteiger charge is 2.44. The van der Waals surface area contributed by atoms with Crippen molar-refractivity contribution in [1.82, 2.24) is 0 Å². The van der Waals surface area contributed by atoms with Crippen molar-refractivity contribution in [2.24, 2.45) is 11.3 Å². The number of esters is 1. The maximum absolute atomic E-state index is 11.6. The van der Waals surface area contributed by atoms with Gasteiger partial charge in [0.05, 0.1) is 13.0 Å². The van der Waals surface area contributed by atoms with Crippen LogP contribution < -0.4 is 0 Å². The third kappa shape index (κ3) is 3.68. The van der Waals surface area contributed by atoms with Crippen molar-refractivity contribution in [2.45, 2.75) is 58.9 Å². The summed E-state index contributed by atoms with van der Waals surface area (Å²) >= 11 is 0. The van der Waals surface area contributed by atoms with E-state index in [4.69, 9.17) is 4.74 Å². The van der Waals surface area contributed by atoms with Crippen LogP contribution in [-0.2, 0) is 9.53 Å². The molecule has 0 spiro atoms. The van der Waals surface area contributed by atoms with Gasteiger partial charge in [0.2, 0.25) is 6.04 Å². The summed E-state index contributed by atoms with van der Waals surface area (Å²) in [6, 6.07) is -0.511. The molecule has 0 saturated heterocycles. The number of rotatable bonds is 5. The molecule has 5 nitrogen and oxygen atoms in total. The summed E-state index contributed by atoms with van der Waals surface area (Å²) in [5, 5.41) is 11.1. The van der Waals surface area contributed by atoms with Crippen LogP contribution in [0.2, 0.25) is 0 Å². The summed E-state index contributed by atoms with van der Waals surface area (Å²) in [6.45, 7) is 6.01. The van der Waals surface area contributed by atoms with E-state index in [9.17, 15) is 14.9 Å². The van der Waals surface area contributed by atoms with Crippen molar-refractivity contribution in [1.29, 1.82) is 0 Å². The molecule has 1 saturated carbocycles. The first kappa shape index (κ1) is 14.9. The van der Waals surface area contributed by atoms with Crippen LogP contribution in [0.25, 0.3) is 0 Å². The zero-order chi connectivity index (χ0) is 13.8. The largest absolute Gasteiger partial charge is 0.466 e. The highest BCUT2D eigenvalue weighted by atomic mass is 16.6. The van der Waals surface area contributed by atoms with E-state index in [2.05, 4.69) is 0 Å². The summed E-state index contributed by atoms with van der Waals surface area (Å²) < 4.78 is 4.96. The lowest BCUT2D eigenvalue weighted by atomic mass is 9.67. The third-order valence-electron chi connectivity index (χ3n) is 3.91. The molecule has 1 fully saturated rings. The van der Waals surface area contributed by atoms with E-state index in [0.29, 0.717) is 13.0 Å². The number of hydrogen-bond acceptors (Lipinski definition) is 4. The topological polar surface area (TPSA) is 69.4 Å². The Hall–Kier alpha value is -1.13. The van der Waals surface area contributed by atoms with E-state index in [1.807, 2.05) is 13.8 Å². The number of carbonyl (C=O) groups excluding carboxylic acids is 1. The second-order valence-corrected chi connectivity index (χ2v) is 5.71. The zero-order valence-corrected chi connectivity index (χ0v) is 11.5. The summed E-state index contributed by atoms with van der Waals surface area (Å²) in [7, 11) is 0. The Labute approximate surface area is 108 Å². The maximum atomic E-state index is 11.6. The van der Waals surface area contributed by atoms with Crippen LogP contribution in [-0.4, -0.2) is 23.5 Å². The number of nitrogens with zero attached hydrogens (tertiary/aromatic N) is 1. The minimum absolute atomic E-state index is 0.0364. The number of ether oxygens (including phenoxy) is 1. The molecule has 0 heterocycles. The molecule has 1 aliphatic rings. The Morgan fingerprint density at radius 2 is 2.00 bits per heavy atom. The zero-order valence-electron chi connectivity index (χ0n) is 11.5. The highest BCUT2D eigenvalue weighted by molar-refractivity contribution is 5.70. The van der Waals surface area contributed by atoms with Gasteiger partial charge in [-0.15, -0.1) is 0 Å². The van der Waals surface area contributed by atoms with Gasteiger partial charge < -0.3 is 4.74 Å². The first-order valence-electron chi connectivity index (χ1n) is 6.67. The lowest BCUT2D eigenvalue weighted by molar-refractivity contribution is -0.539. The van der Waals surface area contributed by atoms with Gasteiger partial charge in [0.15, 0.2) is 0 Å². The predicted octanol–water partition coefficient (Wildman–Crippen LogP) is 2.80. The second kappa shape index (κ2) is 6.16. The molecule has 5 heteroatoms. The van der Waals surface area contributed by atoms with Gasteiger partial charge in [-0.05, 0) is 25.2 Å². The molecule has 18 heavy (non-hydrogen) atoms. The Bertz CT molecular complexity index is 314. The van der Waals surface area contributed by atoms with E-state index in [1.165, 1.54) is 0 Å². The van der Waals surface area contributed by atoms with Gasteiger partial charge in [0.25, 0.3) is 0 Å². The molecule has 1 aliphatic carbocycles. The smallest absolute Gasteiger partial charge is 0.306 e. The molecular formula is C13H23NO4. The van der Waals surface area contributed by atoms with Crippen LogP contribution >= 0.6 is 0 Å². The Kier molecular flexibility index (Phi) is 5.11. The fourth-order valence-electron chi connectivity index (χ4n) is 2.99. The molecule has 0 aromatic heterocycles. The van der Waals surface area contributed by atoms with Gasteiger partial charge in [-0.25, -0.2) is 0 Å². The SMILES string of the molecule is CCOC(=O)CC(C)(C)[C@@H]1CCCC[C@@H]1[N+](=O)[O-]. The molecule has 0 bridgehead atoms. The van der Waals surface area contributed by atoms with Crippen molar-refractivity contribution in [3.05, 3.63) is 10.1 Å². The van der Waals surface area contributed by atoms with E-state index in [1.54, 1.807) is 6.92 Å². The van der Waals surface area contributed by atoms with Crippen molar-refractivity contribution in [2.75, 3.05) is 6.61 Å². The van der Waals surface area contributed by atoms with E-state index >= 15 is 0 Å². The maximum Gasteiger partial charge on any atom is 0.306 e. The molecule has 1 rings (SSSR count). The second-order valence-electron chi connectivity index (χ2n) is 5.71. The molecule has 104 valence electrons. The standard InChI is InChI=1S/C13H23NO4/c1-4-18-12(15)9-13(2,3)10-7-5-6-8-11(10)14(16)17/h10-11H,4-9H2,1-3H3/t10-,11+/m1/s1. The molecule has 0 aromatic carbocycles. The van der Waals surface area contributed by atoms with Gasteiger partial charge in [0.1, 0.15) is 0 Å². The van der Waals surface area contributed by atoms with Crippen LogP contribution in [0.15, 0.2) is 0 Å². The molecule has 0 amide bonds. The van der Waals surface area contributed by atoms with Crippen LogP contribution in [0, 0.1) is 21.4 Å². The molecule has 0 aliphatic heterocycles. The summed E-state index contributed by atoms with van der Waals surface area (Å²) in [5.74, 6) is -0.291. The highest BCUT2D eigenvalue weighted by Crippen LogP contribution is 2.42. The number of hydrogen-bond donors (Lipinski definition) is 0. The van der Waals surface area contributed by atoms with Gasteiger partial charge in [-0.2, -0.15) is 0 Å². The fourth-order valence-corrected chi connectivity index (χ4v) is 2.99. The summed E-state index contributed by atoms with van der Waals surface area (Å²) in [5.41, 5.74) is -0.371. The minimum Gasteiger partial charge on any atom is -0.466 e. The molecule has 0 unspecified atom stereocenters. The number of nitro groups is 1. The third-order valence-corrected chi connectivity index (χ3v) is 3.91. The van der Waals surface area contributed by atoms with E-state index in [-0.39, 0.29) is 28.6 Å². The first-order valence-corrected chi connectivity index (χ1v) is 6.67. The van der Waals surface area contributed by atoms with Gasteiger partial charge >= 0.3 is 5.97 Å². The van der Waals surface area contributed by atoms with Crippen LogP contribution in [0.3, 0.4) is 0 Å². The monoisotopic (exact) mass is 257 g/mol. The van der Waals surface area contributed by atoms with Crippen LogP contribution in [0.5, 0.6) is 0 Å². The molecule has 0 N–H and O–H groups in total. The minimum atomic E-state index is -0.511. The normalized spacial score (nSPS) is 24.6. The predicted molar refractivity (Wildman–Crippen MR) is 67.8 cm³/mol.